The van der Waals surface area contributed by atoms with Crippen molar-refractivity contribution in [2.24, 2.45) is 7.05 Å². The molecule has 8 nitrogen and oxygen atoms in total. The van der Waals surface area contributed by atoms with Crippen LogP contribution in [0.25, 0.3) is 11.0 Å². The fourth-order valence-electron chi connectivity index (χ4n) is 4.19. The Kier molecular flexibility index (Phi) is 12.0. The van der Waals surface area contributed by atoms with Crippen LogP contribution in [-0.2, 0) is 29.7 Å². The maximum absolute atomic E-state index is 12.0. The SMILES string of the molecule is Cn1c(CCCCCCC(=O)NOCc2ccc(B(O)O)cc2)nc2cc(N(CCCl)CCCl)ccc21. The first-order valence-corrected chi connectivity index (χ1v) is 13.7. The minimum absolute atomic E-state index is 0.147. The molecule has 0 radical (unpaired) electrons. The summed E-state index contributed by atoms with van der Waals surface area (Å²) < 4.78 is 2.15. The van der Waals surface area contributed by atoms with Crippen LogP contribution in [0.15, 0.2) is 42.5 Å². The number of hydroxylamine groups is 1. The quantitative estimate of drug-likeness (QED) is 0.110. The van der Waals surface area contributed by atoms with Gasteiger partial charge in [0, 0.05) is 50.4 Å². The highest BCUT2D eigenvalue weighted by Gasteiger charge is 2.12. The Morgan fingerprint density at radius 2 is 1.76 bits per heavy atom. The van der Waals surface area contributed by atoms with Gasteiger partial charge in [0.1, 0.15) is 5.82 Å². The Balaban J connectivity index is 1.35. The second kappa shape index (κ2) is 15.2. The number of halogens is 2. The van der Waals surface area contributed by atoms with Crippen LogP contribution in [-0.4, -0.2) is 57.5 Å². The molecule has 3 N–H and O–H groups in total. The standard InChI is InChI=1S/C26H35BCl2N4O4/c1-32-24-13-12-22(33(16-14-28)17-15-29)18-23(24)30-25(32)6-4-2-3-5-7-26(34)31-37-19-20-8-10-21(11-9-20)27(35)36/h8-13,18,35-36H,2-7,14-17,19H2,1H3,(H,31,34). The van der Waals surface area contributed by atoms with Gasteiger partial charge in [-0.05, 0) is 42.1 Å². The first-order chi connectivity index (χ1) is 17.9. The van der Waals surface area contributed by atoms with Crippen molar-refractivity contribution in [2.45, 2.75) is 45.1 Å². The molecule has 3 rings (SSSR count). The van der Waals surface area contributed by atoms with Crippen molar-refractivity contribution in [3.05, 3.63) is 53.9 Å². The summed E-state index contributed by atoms with van der Waals surface area (Å²) in [7, 11) is 0.555. The van der Waals surface area contributed by atoms with Gasteiger partial charge in [0.2, 0.25) is 5.91 Å². The van der Waals surface area contributed by atoms with Crippen LogP contribution in [0.3, 0.4) is 0 Å². The van der Waals surface area contributed by atoms with Crippen molar-refractivity contribution in [1.82, 2.24) is 15.0 Å². The van der Waals surface area contributed by atoms with Crippen LogP contribution in [0.2, 0.25) is 0 Å². The number of aromatic nitrogens is 2. The van der Waals surface area contributed by atoms with E-state index in [1.807, 2.05) is 7.05 Å². The molecule has 37 heavy (non-hydrogen) atoms. The highest BCUT2D eigenvalue weighted by molar-refractivity contribution is 6.58. The van der Waals surface area contributed by atoms with E-state index in [0.717, 1.165) is 73.3 Å². The van der Waals surface area contributed by atoms with E-state index in [9.17, 15) is 4.79 Å². The number of aryl methyl sites for hydroxylation is 2. The molecule has 0 aliphatic heterocycles. The molecule has 3 aromatic rings. The average Bonchev–Trinajstić information content (AvgIpc) is 3.20. The maximum atomic E-state index is 12.0. The maximum Gasteiger partial charge on any atom is 0.488 e. The Morgan fingerprint density at radius 1 is 1.05 bits per heavy atom. The van der Waals surface area contributed by atoms with E-state index in [0.29, 0.717) is 23.6 Å². The van der Waals surface area contributed by atoms with E-state index in [1.165, 1.54) is 0 Å². The van der Waals surface area contributed by atoms with Gasteiger partial charge < -0.3 is 19.5 Å². The molecule has 1 amide bonds. The topological polar surface area (TPSA) is 99.9 Å². The third-order valence-corrected chi connectivity index (χ3v) is 6.63. The average molecular weight is 549 g/mol. The summed E-state index contributed by atoms with van der Waals surface area (Å²) in [5.74, 6) is 2.00. The number of alkyl halides is 2. The molecule has 0 bridgehead atoms. The number of imidazole rings is 1. The summed E-state index contributed by atoms with van der Waals surface area (Å²) in [6.07, 6.45) is 5.07. The van der Waals surface area contributed by atoms with Gasteiger partial charge in [-0.25, -0.2) is 10.5 Å². The number of carbonyl (C=O) groups excluding carboxylic acids is 1. The zero-order chi connectivity index (χ0) is 26.6. The van der Waals surface area contributed by atoms with Crippen molar-refractivity contribution in [3.63, 3.8) is 0 Å². The summed E-state index contributed by atoms with van der Waals surface area (Å²) in [5, 5.41) is 18.2. The Labute approximate surface area is 228 Å². The first kappa shape index (κ1) is 29.3. The zero-order valence-corrected chi connectivity index (χ0v) is 22.7. The summed E-state index contributed by atoms with van der Waals surface area (Å²) in [4.78, 5) is 24.3. The molecule has 0 aliphatic carbocycles. The number of hydrogen-bond acceptors (Lipinski definition) is 6. The molecular weight excluding hydrogens is 514 g/mol. The lowest BCUT2D eigenvalue weighted by atomic mass is 9.80. The summed E-state index contributed by atoms with van der Waals surface area (Å²) in [6, 6.07) is 13.0. The number of amides is 1. The molecule has 0 spiro atoms. The van der Waals surface area contributed by atoms with Gasteiger partial charge in [0.25, 0.3) is 0 Å². The fraction of sp³-hybridized carbons (Fsp3) is 0.462. The predicted octanol–water partition coefficient (Wildman–Crippen LogP) is 3.28. The Hall–Kier alpha value is -2.30. The van der Waals surface area contributed by atoms with E-state index < -0.39 is 7.12 Å². The normalized spacial score (nSPS) is 11.2. The van der Waals surface area contributed by atoms with Crippen molar-refractivity contribution in [3.8, 4) is 0 Å². The molecule has 200 valence electrons. The van der Waals surface area contributed by atoms with Crippen molar-refractivity contribution < 1.29 is 19.7 Å². The van der Waals surface area contributed by atoms with E-state index >= 15 is 0 Å². The largest absolute Gasteiger partial charge is 0.488 e. The molecular formula is C26H35BCl2N4O4. The van der Waals surface area contributed by atoms with Crippen LogP contribution >= 0.6 is 23.2 Å². The molecule has 1 aromatic heterocycles. The van der Waals surface area contributed by atoms with Gasteiger partial charge in [-0.2, -0.15) is 0 Å². The molecule has 0 aliphatic rings. The number of nitrogens with one attached hydrogen (secondary N) is 1. The van der Waals surface area contributed by atoms with Gasteiger partial charge in [-0.1, -0.05) is 37.1 Å². The second-order valence-corrected chi connectivity index (χ2v) is 9.72. The lowest BCUT2D eigenvalue weighted by Crippen LogP contribution is -2.29. The molecule has 0 fully saturated rings. The highest BCUT2D eigenvalue weighted by Crippen LogP contribution is 2.23. The zero-order valence-electron chi connectivity index (χ0n) is 21.2. The van der Waals surface area contributed by atoms with E-state index in [1.54, 1.807) is 24.3 Å². The number of benzene rings is 2. The first-order valence-electron chi connectivity index (χ1n) is 12.6. The molecule has 1 heterocycles. The number of hydrogen-bond donors (Lipinski definition) is 3. The minimum atomic E-state index is -1.49. The molecule has 0 atom stereocenters. The van der Waals surface area contributed by atoms with Gasteiger partial charge >= 0.3 is 7.12 Å². The van der Waals surface area contributed by atoms with Gasteiger partial charge in [-0.3, -0.25) is 9.63 Å². The predicted molar refractivity (Wildman–Crippen MR) is 150 cm³/mol. The lowest BCUT2D eigenvalue weighted by Gasteiger charge is -2.22. The molecule has 0 saturated carbocycles. The summed E-state index contributed by atoms with van der Waals surface area (Å²) in [5.41, 5.74) is 6.86. The lowest BCUT2D eigenvalue weighted by molar-refractivity contribution is -0.134. The number of anilines is 1. The number of fused-ring (bicyclic) bond motifs is 1. The van der Waals surface area contributed by atoms with Crippen LogP contribution < -0.4 is 15.8 Å². The molecule has 2 aromatic carbocycles. The monoisotopic (exact) mass is 548 g/mol. The van der Waals surface area contributed by atoms with Crippen LogP contribution in [0, 0.1) is 0 Å². The number of carbonyl (C=O) groups is 1. The molecule has 0 saturated heterocycles. The van der Waals surface area contributed by atoms with Crippen LogP contribution in [0.4, 0.5) is 5.69 Å². The van der Waals surface area contributed by atoms with E-state index in [-0.39, 0.29) is 12.5 Å². The van der Waals surface area contributed by atoms with Gasteiger partial charge in [0.05, 0.1) is 17.6 Å². The van der Waals surface area contributed by atoms with E-state index in [4.69, 9.17) is 43.1 Å². The summed E-state index contributed by atoms with van der Waals surface area (Å²) in [6.45, 7) is 1.70. The Morgan fingerprint density at radius 3 is 2.43 bits per heavy atom. The number of nitrogens with zero attached hydrogens (tertiary/aromatic N) is 3. The molecule has 11 heteroatoms. The second-order valence-electron chi connectivity index (χ2n) is 8.97. The van der Waals surface area contributed by atoms with Crippen LogP contribution in [0.1, 0.15) is 43.5 Å². The minimum Gasteiger partial charge on any atom is -0.423 e. The van der Waals surface area contributed by atoms with Gasteiger partial charge in [-0.15, -0.1) is 23.2 Å². The van der Waals surface area contributed by atoms with Gasteiger partial charge in [0.15, 0.2) is 0 Å². The van der Waals surface area contributed by atoms with Crippen LogP contribution in [0.5, 0.6) is 0 Å². The highest BCUT2D eigenvalue weighted by atomic mass is 35.5. The third kappa shape index (κ3) is 8.90. The summed E-state index contributed by atoms with van der Waals surface area (Å²) >= 11 is 11.9. The van der Waals surface area contributed by atoms with Crippen molar-refractivity contribution in [1.29, 1.82) is 0 Å². The third-order valence-electron chi connectivity index (χ3n) is 6.29. The smallest absolute Gasteiger partial charge is 0.423 e. The Bertz CT molecular complexity index is 1120. The van der Waals surface area contributed by atoms with Crippen molar-refractivity contribution in [2.75, 3.05) is 29.7 Å². The molecule has 0 unspecified atom stereocenters. The fourth-order valence-corrected chi connectivity index (χ4v) is 4.60. The van der Waals surface area contributed by atoms with E-state index in [2.05, 4.69) is 33.1 Å². The number of rotatable bonds is 16. The number of unbranched alkanes of at least 4 members (excludes halogenated alkanes) is 3. The van der Waals surface area contributed by atoms with Crippen molar-refractivity contribution >= 4 is 58.4 Å².